The Labute approximate surface area is 128 Å². The normalized spacial score (nSPS) is 12.1. The second-order valence-electron chi connectivity index (χ2n) is 4.91. The molecule has 1 aromatic heterocycles. The SMILES string of the molecule is COc1ccc(C(C=O)c2cc3ccccc3o2)c(OC)c1. The van der Waals surface area contributed by atoms with Crippen molar-refractivity contribution in [1.29, 1.82) is 0 Å². The summed E-state index contributed by atoms with van der Waals surface area (Å²) in [7, 11) is 3.16. The van der Waals surface area contributed by atoms with Gasteiger partial charge in [-0.3, -0.25) is 0 Å². The number of methoxy groups -OCH3 is 2. The van der Waals surface area contributed by atoms with Gasteiger partial charge in [0.05, 0.1) is 14.2 Å². The lowest BCUT2D eigenvalue weighted by molar-refractivity contribution is -0.108. The van der Waals surface area contributed by atoms with Gasteiger partial charge in [-0.25, -0.2) is 0 Å². The van der Waals surface area contributed by atoms with Gasteiger partial charge in [-0.1, -0.05) is 24.3 Å². The fraction of sp³-hybridized carbons (Fsp3) is 0.167. The zero-order valence-electron chi connectivity index (χ0n) is 12.4. The van der Waals surface area contributed by atoms with Gasteiger partial charge in [0.15, 0.2) is 0 Å². The lowest BCUT2D eigenvalue weighted by Gasteiger charge is -2.14. The van der Waals surface area contributed by atoms with Crippen molar-refractivity contribution in [3.05, 3.63) is 59.9 Å². The molecule has 0 spiro atoms. The Morgan fingerprint density at radius 1 is 1.05 bits per heavy atom. The van der Waals surface area contributed by atoms with Gasteiger partial charge in [0.2, 0.25) is 0 Å². The Morgan fingerprint density at radius 3 is 2.55 bits per heavy atom. The Hall–Kier alpha value is -2.75. The standard InChI is InChI=1S/C18H16O4/c1-20-13-7-8-14(17(10-13)21-2)15(11-19)18-9-12-5-3-4-6-16(12)22-18/h3-11,15H,1-2H3. The molecule has 112 valence electrons. The third kappa shape index (κ3) is 2.44. The largest absolute Gasteiger partial charge is 0.497 e. The highest BCUT2D eigenvalue weighted by atomic mass is 16.5. The minimum atomic E-state index is -0.520. The van der Waals surface area contributed by atoms with E-state index in [1.54, 1.807) is 26.4 Å². The number of rotatable bonds is 5. The maximum absolute atomic E-state index is 11.7. The van der Waals surface area contributed by atoms with Crippen LogP contribution in [0.1, 0.15) is 17.2 Å². The van der Waals surface area contributed by atoms with E-state index in [9.17, 15) is 4.79 Å². The van der Waals surface area contributed by atoms with Crippen LogP contribution in [0.4, 0.5) is 0 Å². The number of ether oxygens (including phenoxy) is 2. The molecular weight excluding hydrogens is 280 g/mol. The van der Waals surface area contributed by atoms with E-state index in [-0.39, 0.29) is 0 Å². The van der Waals surface area contributed by atoms with Crippen molar-refractivity contribution in [3.63, 3.8) is 0 Å². The van der Waals surface area contributed by atoms with Crippen LogP contribution in [0.2, 0.25) is 0 Å². The predicted octanol–water partition coefficient (Wildman–Crippen LogP) is 3.78. The van der Waals surface area contributed by atoms with Gasteiger partial charge >= 0.3 is 0 Å². The molecule has 0 bridgehead atoms. The van der Waals surface area contributed by atoms with Crippen LogP contribution < -0.4 is 9.47 Å². The van der Waals surface area contributed by atoms with Crippen LogP contribution in [-0.4, -0.2) is 20.5 Å². The third-order valence-electron chi connectivity index (χ3n) is 3.66. The lowest BCUT2D eigenvalue weighted by Crippen LogP contribution is -2.04. The first-order valence-electron chi connectivity index (χ1n) is 6.92. The first-order chi connectivity index (χ1) is 10.8. The summed E-state index contributed by atoms with van der Waals surface area (Å²) in [5.41, 5.74) is 1.51. The minimum Gasteiger partial charge on any atom is -0.497 e. The van der Waals surface area contributed by atoms with Crippen LogP contribution in [-0.2, 0) is 4.79 Å². The summed E-state index contributed by atoms with van der Waals surface area (Å²) in [6.45, 7) is 0. The molecule has 0 amide bonds. The number of benzene rings is 2. The molecule has 0 saturated heterocycles. The van der Waals surface area contributed by atoms with Crippen molar-refractivity contribution in [2.45, 2.75) is 5.92 Å². The zero-order valence-corrected chi connectivity index (χ0v) is 12.4. The summed E-state index contributed by atoms with van der Waals surface area (Å²) in [5, 5.41) is 0.969. The summed E-state index contributed by atoms with van der Waals surface area (Å²) < 4.78 is 16.4. The number of hydrogen-bond acceptors (Lipinski definition) is 4. The monoisotopic (exact) mass is 296 g/mol. The van der Waals surface area contributed by atoms with E-state index in [1.165, 1.54) is 0 Å². The summed E-state index contributed by atoms with van der Waals surface area (Å²) in [5.74, 6) is 1.35. The maximum Gasteiger partial charge on any atom is 0.135 e. The number of fused-ring (bicyclic) bond motifs is 1. The first kappa shape index (κ1) is 14.2. The molecule has 2 aromatic carbocycles. The average molecular weight is 296 g/mol. The van der Waals surface area contributed by atoms with Gasteiger partial charge in [0.25, 0.3) is 0 Å². The molecule has 0 saturated carbocycles. The van der Waals surface area contributed by atoms with E-state index in [0.29, 0.717) is 17.3 Å². The van der Waals surface area contributed by atoms with Gasteiger partial charge in [-0.2, -0.15) is 0 Å². The van der Waals surface area contributed by atoms with E-state index in [4.69, 9.17) is 13.9 Å². The van der Waals surface area contributed by atoms with Gasteiger partial charge in [0, 0.05) is 17.0 Å². The predicted molar refractivity (Wildman–Crippen MR) is 83.7 cm³/mol. The van der Waals surface area contributed by atoms with E-state index >= 15 is 0 Å². The van der Waals surface area contributed by atoms with Crippen molar-refractivity contribution in [1.82, 2.24) is 0 Å². The van der Waals surface area contributed by atoms with Crippen molar-refractivity contribution < 1.29 is 18.7 Å². The third-order valence-corrected chi connectivity index (χ3v) is 3.66. The van der Waals surface area contributed by atoms with E-state index in [0.717, 1.165) is 22.8 Å². The summed E-state index contributed by atoms with van der Waals surface area (Å²) in [6, 6.07) is 14.9. The van der Waals surface area contributed by atoms with E-state index < -0.39 is 5.92 Å². The van der Waals surface area contributed by atoms with Gasteiger partial charge in [0.1, 0.15) is 35.0 Å². The molecule has 22 heavy (non-hydrogen) atoms. The van der Waals surface area contributed by atoms with Crippen molar-refractivity contribution in [2.24, 2.45) is 0 Å². The van der Waals surface area contributed by atoms with Crippen LogP contribution in [0.3, 0.4) is 0 Å². The molecule has 0 aliphatic heterocycles. The molecule has 3 aromatic rings. The molecule has 0 N–H and O–H groups in total. The highest BCUT2D eigenvalue weighted by molar-refractivity contribution is 5.80. The molecule has 0 radical (unpaired) electrons. The molecule has 4 heteroatoms. The number of para-hydroxylation sites is 1. The first-order valence-corrected chi connectivity index (χ1v) is 6.92. The van der Waals surface area contributed by atoms with Crippen molar-refractivity contribution >= 4 is 17.3 Å². The highest BCUT2D eigenvalue weighted by Crippen LogP contribution is 2.35. The fourth-order valence-electron chi connectivity index (χ4n) is 2.52. The van der Waals surface area contributed by atoms with Crippen molar-refractivity contribution in [2.75, 3.05) is 14.2 Å². The Bertz CT molecular complexity index is 771. The number of carbonyl (C=O) groups is 1. The smallest absolute Gasteiger partial charge is 0.135 e. The summed E-state index contributed by atoms with van der Waals surface area (Å²) in [4.78, 5) is 11.7. The molecule has 0 aliphatic rings. The quantitative estimate of drug-likeness (QED) is 0.672. The van der Waals surface area contributed by atoms with Crippen LogP contribution in [0, 0.1) is 0 Å². The lowest BCUT2D eigenvalue weighted by atomic mass is 9.96. The fourth-order valence-corrected chi connectivity index (χ4v) is 2.52. The average Bonchev–Trinajstić information content (AvgIpc) is 2.99. The Kier molecular flexibility index (Phi) is 3.83. The highest BCUT2D eigenvalue weighted by Gasteiger charge is 2.22. The maximum atomic E-state index is 11.7. The second-order valence-corrected chi connectivity index (χ2v) is 4.91. The van der Waals surface area contributed by atoms with E-state index in [1.807, 2.05) is 36.4 Å². The summed E-state index contributed by atoms with van der Waals surface area (Å²) >= 11 is 0. The van der Waals surface area contributed by atoms with Gasteiger partial charge in [-0.05, 0) is 18.2 Å². The van der Waals surface area contributed by atoms with Crippen molar-refractivity contribution in [3.8, 4) is 11.5 Å². The summed E-state index contributed by atoms with van der Waals surface area (Å²) in [6.07, 6.45) is 0.863. The molecule has 0 aliphatic carbocycles. The topological polar surface area (TPSA) is 48.7 Å². The van der Waals surface area contributed by atoms with Crippen LogP contribution >= 0.6 is 0 Å². The van der Waals surface area contributed by atoms with Crippen LogP contribution in [0.5, 0.6) is 11.5 Å². The number of hydrogen-bond donors (Lipinski definition) is 0. The molecule has 1 atom stereocenters. The van der Waals surface area contributed by atoms with E-state index in [2.05, 4.69) is 0 Å². The second kappa shape index (κ2) is 5.93. The van der Waals surface area contributed by atoms with Crippen LogP contribution in [0.25, 0.3) is 11.0 Å². The number of furan rings is 1. The molecule has 0 fully saturated rings. The molecule has 4 nitrogen and oxygen atoms in total. The molecule has 1 heterocycles. The molecular formula is C18H16O4. The van der Waals surface area contributed by atoms with Gasteiger partial charge < -0.3 is 18.7 Å². The Morgan fingerprint density at radius 2 is 1.86 bits per heavy atom. The van der Waals surface area contributed by atoms with Gasteiger partial charge in [-0.15, -0.1) is 0 Å². The zero-order chi connectivity index (χ0) is 15.5. The number of carbonyl (C=O) groups excluding carboxylic acids is 1. The molecule has 1 unspecified atom stereocenters. The van der Waals surface area contributed by atoms with Crippen LogP contribution in [0.15, 0.2) is 52.9 Å². The number of aldehydes is 1. The minimum absolute atomic E-state index is 0.520. The Balaban J connectivity index is 2.09. The molecule has 3 rings (SSSR count).